The van der Waals surface area contributed by atoms with Crippen molar-refractivity contribution in [3.63, 3.8) is 0 Å². The van der Waals surface area contributed by atoms with Gasteiger partial charge in [0.15, 0.2) is 5.78 Å². The molecule has 1 aromatic carbocycles. The maximum atomic E-state index is 13.5. The zero-order chi connectivity index (χ0) is 11.0. The lowest BCUT2D eigenvalue weighted by Crippen LogP contribution is -2.36. The molecular weight excluding hydrogens is 197 g/mol. The zero-order valence-corrected chi connectivity index (χ0v) is 8.29. The van der Waals surface area contributed by atoms with Crippen LogP contribution < -0.4 is 4.90 Å². The highest BCUT2D eigenvalue weighted by molar-refractivity contribution is 6.08. The van der Waals surface area contributed by atoms with Gasteiger partial charge in [0, 0.05) is 25.5 Å². The molecule has 1 amide bonds. The van der Waals surface area contributed by atoms with Crippen LogP contribution in [0, 0.1) is 5.82 Å². The number of anilines is 1. The molecule has 1 aliphatic heterocycles. The first-order chi connectivity index (χ1) is 7.11. The first-order valence-corrected chi connectivity index (χ1v) is 4.71. The van der Waals surface area contributed by atoms with Gasteiger partial charge in [0.1, 0.15) is 5.82 Å². The molecule has 0 aliphatic carbocycles. The van der Waals surface area contributed by atoms with Gasteiger partial charge in [-0.1, -0.05) is 6.07 Å². The lowest BCUT2D eigenvalue weighted by Gasteiger charge is -2.27. The Bertz CT molecular complexity index is 442. The SMILES string of the molecule is CC(=O)N1CCC(=O)c2cccc(F)c21. The molecule has 3 nitrogen and oxygen atoms in total. The number of carbonyl (C=O) groups is 2. The maximum Gasteiger partial charge on any atom is 0.223 e. The van der Waals surface area contributed by atoms with Crippen molar-refractivity contribution in [1.29, 1.82) is 0 Å². The van der Waals surface area contributed by atoms with E-state index >= 15 is 0 Å². The number of Topliss-reactive ketones (excluding diaryl/α,β-unsaturated/α-hetero) is 1. The molecule has 0 fully saturated rings. The van der Waals surface area contributed by atoms with Crippen molar-refractivity contribution in [2.24, 2.45) is 0 Å². The Morgan fingerprint density at radius 3 is 2.87 bits per heavy atom. The van der Waals surface area contributed by atoms with E-state index in [1.165, 1.54) is 24.0 Å². The lowest BCUT2D eigenvalue weighted by atomic mass is 10.00. The molecule has 1 aliphatic rings. The van der Waals surface area contributed by atoms with Crippen molar-refractivity contribution in [2.75, 3.05) is 11.4 Å². The molecule has 0 bridgehead atoms. The molecule has 1 aromatic rings. The molecular formula is C11H10FNO2. The summed E-state index contributed by atoms with van der Waals surface area (Å²) in [5, 5.41) is 0. The number of rotatable bonds is 0. The van der Waals surface area contributed by atoms with E-state index in [2.05, 4.69) is 0 Å². The first kappa shape index (κ1) is 9.83. The summed E-state index contributed by atoms with van der Waals surface area (Å²) >= 11 is 0. The second-order valence-corrected chi connectivity index (χ2v) is 3.48. The summed E-state index contributed by atoms with van der Waals surface area (Å²) < 4.78 is 13.5. The Hall–Kier alpha value is -1.71. The molecule has 0 radical (unpaired) electrons. The van der Waals surface area contributed by atoms with E-state index in [0.29, 0.717) is 5.56 Å². The number of hydrogen-bond acceptors (Lipinski definition) is 2. The summed E-state index contributed by atoms with van der Waals surface area (Å²) in [6, 6.07) is 4.29. The van der Waals surface area contributed by atoms with Gasteiger partial charge in [0.25, 0.3) is 0 Å². The van der Waals surface area contributed by atoms with Crippen molar-refractivity contribution < 1.29 is 14.0 Å². The van der Waals surface area contributed by atoms with Gasteiger partial charge in [0.05, 0.1) is 5.69 Å². The van der Waals surface area contributed by atoms with E-state index < -0.39 is 5.82 Å². The number of carbonyl (C=O) groups excluding carboxylic acids is 2. The summed E-state index contributed by atoms with van der Waals surface area (Å²) in [7, 11) is 0. The third kappa shape index (κ3) is 1.52. The van der Waals surface area contributed by atoms with E-state index in [9.17, 15) is 14.0 Å². The van der Waals surface area contributed by atoms with Crippen LogP contribution >= 0.6 is 0 Å². The normalized spacial score (nSPS) is 15.1. The molecule has 2 rings (SSSR count). The molecule has 15 heavy (non-hydrogen) atoms. The van der Waals surface area contributed by atoms with Gasteiger partial charge < -0.3 is 4.90 Å². The number of ketones is 1. The number of benzene rings is 1. The summed E-state index contributed by atoms with van der Waals surface area (Å²) in [4.78, 5) is 24.1. The van der Waals surface area contributed by atoms with E-state index in [1.807, 2.05) is 0 Å². The van der Waals surface area contributed by atoms with E-state index in [-0.39, 0.29) is 30.3 Å². The quantitative estimate of drug-likeness (QED) is 0.650. The second-order valence-electron chi connectivity index (χ2n) is 3.48. The van der Waals surface area contributed by atoms with E-state index in [0.717, 1.165) is 0 Å². The molecule has 0 saturated heterocycles. The van der Waals surface area contributed by atoms with Gasteiger partial charge in [-0.2, -0.15) is 0 Å². The fourth-order valence-electron chi connectivity index (χ4n) is 1.79. The summed E-state index contributed by atoms with van der Waals surface area (Å²) in [6.45, 7) is 1.63. The second kappa shape index (κ2) is 3.46. The van der Waals surface area contributed by atoms with Crippen LogP contribution in [0.4, 0.5) is 10.1 Å². The van der Waals surface area contributed by atoms with Gasteiger partial charge in [-0.15, -0.1) is 0 Å². The van der Waals surface area contributed by atoms with Crippen LogP contribution in [0.2, 0.25) is 0 Å². The van der Waals surface area contributed by atoms with Crippen LogP contribution in [0.25, 0.3) is 0 Å². The van der Waals surface area contributed by atoms with Crippen LogP contribution in [0.15, 0.2) is 18.2 Å². The van der Waals surface area contributed by atoms with Crippen molar-refractivity contribution in [2.45, 2.75) is 13.3 Å². The minimum Gasteiger partial charge on any atom is -0.309 e. The highest BCUT2D eigenvalue weighted by Gasteiger charge is 2.27. The standard InChI is InChI=1S/C11H10FNO2/c1-7(14)13-6-5-10(15)8-3-2-4-9(12)11(8)13/h2-4H,5-6H2,1H3. The Kier molecular flexibility index (Phi) is 2.26. The molecule has 0 N–H and O–H groups in total. The van der Waals surface area contributed by atoms with Gasteiger partial charge >= 0.3 is 0 Å². The Balaban J connectivity index is 2.61. The fourth-order valence-corrected chi connectivity index (χ4v) is 1.79. The monoisotopic (exact) mass is 207 g/mol. The molecule has 0 atom stereocenters. The highest BCUT2D eigenvalue weighted by atomic mass is 19.1. The first-order valence-electron chi connectivity index (χ1n) is 4.71. The Morgan fingerprint density at radius 2 is 2.20 bits per heavy atom. The summed E-state index contributed by atoms with van der Waals surface area (Å²) in [5.74, 6) is -0.869. The van der Waals surface area contributed by atoms with E-state index in [1.54, 1.807) is 6.07 Å². The molecule has 0 unspecified atom stereocenters. The number of nitrogens with zero attached hydrogens (tertiary/aromatic N) is 1. The van der Waals surface area contributed by atoms with Gasteiger partial charge in [-0.25, -0.2) is 4.39 Å². The number of amides is 1. The molecule has 0 aromatic heterocycles. The number of para-hydroxylation sites is 1. The highest BCUT2D eigenvalue weighted by Crippen LogP contribution is 2.29. The Morgan fingerprint density at radius 1 is 1.47 bits per heavy atom. The minimum atomic E-state index is -0.518. The van der Waals surface area contributed by atoms with Crippen LogP contribution in [-0.2, 0) is 4.79 Å². The fraction of sp³-hybridized carbons (Fsp3) is 0.273. The topological polar surface area (TPSA) is 37.4 Å². The predicted molar refractivity (Wildman–Crippen MR) is 53.4 cm³/mol. The predicted octanol–water partition coefficient (Wildman–Crippen LogP) is 1.77. The third-order valence-electron chi connectivity index (χ3n) is 2.50. The maximum absolute atomic E-state index is 13.5. The van der Waals surface area contributed by atoms with Crippen LogP contribution in [0.3, 0.4) is 0 Å². The Labute approximate surface area is 86.5 Å². The molecule has 4 heteroatoms. The number of halogens is 1. The van der Waals surface area contributed by atoms with Crippen LogP contribution in [0.5, 0.6) is 0 Å². The molecule has 0 spiro atoms. The van der Waals surface area contributed by atoms with Crippen molar-refractivity contribution >= 4 is 17.4 Å². The largest absolute Gasteiger partial charge is 0.309 e. The average molecular weight is 207 g/mol. The molecule has 78 valence electrons. The minimum absolute atomic E-state index is 0.109. The van der Waals surface area contributed by atoms with Crippen molar-refractivity contribution in [3.05, 3.63) is 29.6 Å². The third-order valence-corrected chi connectivity index (χ3v) is 2.50. The number of hydrogen-bond donors (Lipinski definition) is 0. The lowest BCUT2D eigenvalue weighted by molar-refractivity contribution is -0.116. The molecule has 0 saturated carbocycles. The molecule has 1 heterocycles. The van der Waals surface area contributed by atoms with Gasteiger partial charge in [-0.3, -0.25) is 9.59 Å². The van der Waals surface area contributed by atoms with Gasteiger partial charge in [0.2, 0.25) is 5.91 Å². The van der Waals surface area contributed by atoms with Crippen molar-refractivity contribution in [1.82, 2.24) is 0 Å². The smallest absolute Gasteiger partial charge is 0.223 e. The zero-order valence-electron chi connectivity index (χ0n) is 8.29. The number of fused-ring (bicyclic) bond motifs is 1. The van der Waals surface area contributed by atoms with E-state index in [4.69, 9.17) is 0 Å². The van der Waals surface area contributed by atoms with Crippen molar-refractivity contribution in [3.8, 4) is 0 Å². The summed E-state index contributed by atoms with van der Waals surface area (Å²) in [6.07, 6.45) is 0.260. The summed E-state index contributed by atoms with van der Waals surface area (Å²) in [5.41, 5.74) is 0.428. The average Bonchev–Trinajstić information content (AvgIpc) is 2.19. The van der Waals surface area contributed by atoms with Crippen LogP contribution in [-0.4, -0.2) is 18.2 Å². The van der Waals surface area contributed by atoms with Gasteiger partial charge in [-0.05, 0) is 12.1 Å². The van der Waals surface area contributed by atoms with Crippen LogP contribution in [0.1, 0.15) is 23.7 Å².